The Morgan fingerprint density at radius 2 is 2.14 bits per heavy atom. The predicted octanol–water partition coefficient (Wildman–Crippen LogP) is 2.33. The van der Waals surface area contributed by atoms with Gasteiger partial charge in [0, 0.05) is 31.8 Å². The summed E-state index contributed by atoms with van der Waals surface area (Å²) in [6.07, 6.45) is 2.03. The first-order chi connectivity index (χ1) is 10.2. The van der Waals surface area contributed by atoms with Gasteiger partial charge in [0.15, 0.2) is 9.91 Å². The van der Waals surface area contributed by atoms with E-state index in [1.807, 2.05) is 11.6 Å². The molecule has 0 radical (unpaired) electrons. The molecule has 6 heteroatoms. The number of methoxy groups -OCH3 is 1. The molecule has 1 heterocycles. The van der Waals surface area contributed by atoms with Gasteiger partial charge in [0.25, 0.3) is 0 Å². The van der Waals surface area contributed by atoms with E-state index in [2.05, 4.69) is 46.1 Å². The number of thiazole rings is 1. The van der Waals surface area contributed by atoms with Crippen LogP contribution in [0.1, 0.15) is 11.1 Å². The Morgan fingerprint density at radius 1 is 1.38 bits per heavy atom. The van der Waals surface area contributed by atoms with E-state index in [0.717, 1.165) is 11.3 Å². The number of hydrogen-bond donors (Lipinski definition) is 1. The molecule has 0 spiro atoms. The summed E-state index contributed by atoms with van der Waals surface area (Å²) in [6.45, 7) is 4.17. The minimum Gasteiger partial charge on any atom is -0.383 e. The summed E-state index contributed by atoms with van der Waals surface area (Å²) >= 11 is 6.79. The zero-order chi connectivity index (χ0) is 15.1. The molecular weight excluding hydrogens is 302 g/mol. The molecule has 0 atom stereocenters. The first-order valence-electron chi connectivity index (χ1n) is 6.70. The first-order valence-corrected chi connectivity index (χ1v) is 7.99. The summed E-state index contributed by atoms with van der Waals surface area (Å²) in [5.41, 5.74) is 2.52. The average Bonchev–Trinajstić information content (AvgIpc) is 2.89. The largest absolute Gasteiger partial charge is 0.383 e. The maximum Gasteiger partial charge on any atom is 0.195 e. The Hall–Kier alpha value is -1.50. The third-order valence-electron chi connectivity index (χ3n) is 2.91. The molecule has 2 aromatic rings. The molecule has 0 saturated carbocycles. The van der Waals surface area contributed by atoms with Gasteiger partial charge in [0.05, 0.1) is 6.61 Å². The maximum atomic E-state index is 5.22. The van der Waals surface area contributed by atoms with E-state index in [0.29, 0.717) is 18.3 Å². The van der Waals surface area contributed by atoms with Gasteiger partial charge in [0.2, 0.25) is 0 Å². The first kappa shape index (κ1) is 15.9. The molecule has 112 valence electrons. The molecule has 0 aliphatic heterocycles. The highest BCUT2D eigenvalue weighted by molar-refractivity contribution is 7.80. The number of ether oxygens (including phenoxy) is 1. The molecule has 4 nitrogen and oxygen atoms in total. The summed E-state index contributed by atoms with van der Waals surface area (Å²) in [5.74, 6) is 0. The number of thiocarbonyl (C=S) groups is 1. The number of rotatable bonds is 5. The van der Waals surface area contributed by atoms with Gasteiger partial charge in [-0.2, -0.15) is 4.99 Å². The molecule has 0 unspecified atom stereocenters. The number of hydrogen-bond acceptors (Lipinski definition) is 3. The number of benzene rings is 1. The number of aromatic nitrogens is 1. The summed E-state index contributed by atoms with van der Waals surface area (Å²) < 4.78 is 7.07. The van der Waals surface area contributed by atoms with Crippen molar-refractivity contribution in [1.82, 2.24) is 9.88 Å². The maximum absolute atomic E-state index is 5.22. The Bertz CT molecular complexity index is 643. The molecular formula is C15H19N3OS2. The summed E-state index contributed by atoms with van der Waals surface area (Å²) in [4.78, 5) is 5.34. The fourth-order valence-corrected chi connectivity index (χ4v) is 2.76. The van der Waals surface area contributed by atoms with Crippen molar-refractivity contribution in [3.8, 4) is 0 Å². The van der Waals surface area contributed by atoms with Crippen LogP contribution in [0.3, 0.4) is 0 Å². The third-order valence-corrected chi connectivity index (χ3v) is 3.94. The van der Waals surface area contributed by atoms with Crippen molar-refractivity contribution in [2.45, 2.75) is 13.5 Å². The molecule has 1 aromatic carbocycles. The lowest BCUT2D eigenvalue weighted by Crippen LogP contribution is -2.27. The van der Waals surface area contributed by atoms with Gasteiger partial charge < -0.3 is 14.6 Å². The second-order valence-electron chi connectivity index (χ2n) is 4.64. The van der Waals surface area contributed by atoms with Crippen molar-refractivity contribution >= 4 is 28.7 Å². The highest BCUT2D eigenvalue weighted by atomic mass is 32.1. The summed E-state index contributed by atoms with van der Waals surface area (Å²) in [6, 6.07) is 8.52. The summed E-state index contributed by atoms with van der Waals surface area (Å²) in [7, 11) is 1.66. The SMILES string of the molecule is COCCNC(=S)N=c1sccn1Cc1ccc(C)cc1. The second kappa shape index (κ2) is 8.07. The van der Waals surface area contributed by atoms with Crippen molar-refractivity contribution in [2.75, 3.05) is 20.3 Å². The van der Waals surface area contributed by atoms with E-state index in [-0.39, 0.29) is 0 Å². The van der Waals surface area contributed by atoms with E-state index < -0.39 is 0 Å². The minimum absolute atomic E-state index is 0.493. The van der Waals surface area contributed by atoms with Crippen LogP contribution >= 0.6 is 23.6 Å². The molecule has 0 aliphatic carbocycles. The van der Waals surface area contributed by atoms with Crippen LogP contribution in [0.5, 0.6) is 0 Å². The second-order valence-corrected chi connectivity index (χ2v) is 5.90. The third kappa shape index (κ3) is 5.08. The van der Waals surface area contributed by atoms with Crippen molar-refractivity contribution in [1.29, 1.82) is 0 Å². The van der Waals surface area contributed by atoms with Gasteiger partial charge in [-0.05, 0) is 24.7 Å². The van der Waals surface area contributed by atoms with Crippen molar-refractivity contribution in [3.63, 3.8) is 0 Å². The zero-order valence-corrected chi connectivity index (χ0v) is 13.8. The Labute approximate surface area is 134 Å². The fourth-order valence-electron chi connectivity index (χ4n) is 1.78. The quantitative estimate of drug-likeness (QED) is 0.678. The number of aryl methyl sites for hydroxylation is 1. The van der Waals surface area contributed by atoms with Crippen LogP contribution in [-0.2, 0) is 11.3 Å². The van der Waals surface area contributed by atoms with Gasteiger partial charge in [-0.25, -0.2) is 0 Å². The van der Waals surface area contributed by atoms with Crippen molar-refractivity contribution < 1.29 is 4.74 Å². The van der Waals surface area contributed by atoms with E-state index in [1.165, 1.54) is 11.1 Å². The number of nitrogens with one attached hydrogen (secondary N) is 1. The molecule has 0 fully saturated rings. The van der Waals surface area contributed by atoms with Gasteiger partial charge in [-0.3, -0.25) is 0 Å². The standard InChI is InChI=1S/C15H19N3OS2/c1-12-3-5-13(6-4-12)11-18-8-10-21-15(18)17-14(20)16-7-9-19-2/h3-6,8,10H,7,9,11H2,1-2H3,(H,16,20). The van der Waals surface area contributed by atoms with E-state index in [9.17, 15) is 0 Å². The van der Waals surface area contributed by atoms with Crippen LogP contribution in [0.2, 0.25) is 0 Å². The highest BCUT2D eigenvalue weighted by Crippen LogP contribution is 2.05. The zero-order valence-electron chi connectivity index (χ0n) is 12.2. The molecule has 0 saturated heterocycles. The lowest BCUT2D eigenvalue weighted by Gasteiger charge is -2.05. The predicted molar refractivity (Wildman–Crippen MR) is 90.6 cm³/mol. The minimum atomic E-state index is 0.493. The van der Waals surface area contributed by atoms with Gasteiger partial charge in [0.1, 0.15) is 0 Å². The summed E-state index contributed by atoms with van der Waals surface area (Å²) in [5, 5.41) is 5.56. The molecule has 0 bridgehead atoms. The van der Waals surface area contributed by atoms with Crippen LogP contribution in [0.15, 0.2) is 40.8 Å². The van der Waals surface area contributed by atoms with Gasteiger partial charge in [-0.1, -0.05) is 29.8 Å². The Balaban J connectivity index is 2.07. The lowest BCUT2D eigenvalue weighted by atomic mass is 10.1. The smallest absolute Gasteiger partial charge is 0.195 e. The molecule has 21 heavy (non-hydrogen) atoms. The Kier molecular flexibility index (Phi) is 6.10. The fraction of sp³-hybridized carbons (Fsp3) is 0.333. The highest BCUT2D eigenvalue weighted by Gasteiger charge is 1.99. The lowest BCUT2D eigenvalue weighted by molar-refractivity contribution is 0.204. The van der Waals surface area contributed by atoms with E-state index >= 15 is 0 Å². The molecule has 1 N–H and O–H groups in total. The van der Waals surface area contributed by atoms with Crippen molar-refractivity contribution in [3.05, 3.63) is 51.8 Å². The normalized spacial score (nSPS) is 11.6. The van der Waals surface area contributed by atoms with Gasteiger partial charge >= 0.3 is 0 Å². The molecule has 0 amide bonds. The van der Waals surface area contributed by atoms with Crippen LogP contribution in [0, 0.1) is 6.92 Å². The monoisotopic (exact) mass is 321 g/mol. The van der Waals surface area contributed by atoms with Crippen LogP contribution in [0.25, 0.3) is 0 Å². The topological polar surface area (TPSA) is 38.5 Å². The Morgan fingerprint density at radius 3 is 2.86 bits per heavy atom. The van der Waals surface area contributed by atoms with E-state index in [4.69, 9.17) is 17.0 Å². The molecule has 0 aliphatic rings. The van der Waals surface area contributed by atoms with Gasteiger partial charge in [-0.15, -0.1) is 11.3 Å². The van der Waals surface area contributed by atoms with Crippen LogP contribution in [-0.4, -0.2) is 29.9 Å². The van der Waals surface area contributed by atoms with Crippen LogP contribution < -0.4 is 10.1 Å². The van der Waals surface area contributed by atoms with E-state index in [1.54, 1.807) is 18.4 Å². The number of nitrogens with zero attached hydrogens (tertiary/aromatic N) is 2. The van der Waals surface area contributed by atoms with Crippen LogP contribution in [0.4, 0.5) is 0 Å². The molecule has 1 aromatic heterocycles. The molecule has 2 rings (SSSR count). The van der Waals surface area contributed by atoms with Crippen molar-refractivity contribution in [2.24, 2.45) is 4.99 Å². The average molecular weight is 321 g/mol.